The van der Waals surface area contributed by atoms with Gasteiger partial charge < -0.3 is 23.6 Å². The lowest BCUT2D eigenvalue weighted by atomic mass is 10.1. The zero-order valence-electron chi connectivity index (χ0n) is 17.1. The van der Waals surface area contributed by atoms with Crippen LogP contribution < -0.4 is 14.2 Å². The Morgan fingerprint density at radius 2 is 1.87 bits per heavy atom. The van der Waals surface area contributed by atoms with E-state index in [0.29, 0.717) is 48.5 Å². The molecule has 0 aliphatic carbocycles. The van der Waals surface area contributed by atoms with E-state index in [9.17, 15) is 4.79 Å². The minimum absolute atomic E-state index is 0.0431. The van der Waals surface area contributed by atoms with Crippen molar-refractivity contribution in [2.24, 2.45) is 0 Å². The third-order valence-electron chi connectivity index (χ3n) is 5.21. The lowest BCUT2D eigenvalue weighted by molar-refractivity contribution is -0.128. The maximum absolute atomic E-state index is 12.6. The highest BCUT2D eigenvalue weighted by Crippen LogP contribution is 2.33. The van der Waals surface area contributed by atoms with Gasteiger partial charge in [0.15, 0.2) is 5.82 Å². The van der Waals surface area contributed by atoms with Crippen molar-refractivity contribution in [2.75, 3.05) is 27.9 Å². The van der Waals surface area contributed by atoms with Crippen LogP contribution >= 0.6 is 0 Å². The highest BCUT2D eigenvalue weighted by atomic mass is 16.5. The molecule has 156 valence electrons. The van der Waals surface area contributed by atoms with Gasteiger partial charge in [0, 0.05) is 37.1 Å². The van der Waals surface area contributed by atoms with E-state index in [-0.39, 0.29) is 11.8 Å². The van der Waals surface area contributed by atoms with Crippen LogP contribution in [0.4, 0.5) is 0 Å². The molecule has 0 bridgehead atoms. The number of rotatable bonds is 7. The smallest absolute Gasteiger partial charge is 0.261 e. The Morgan fingerprint density at radius 1 is 1.07 bits per heavy atom. The van der Waals surface area contributed by atoms with Crippen LogP contribution in [-0.4, -0.2) is 48.8 Å². The Bertz CT molecular complexity index is 1050. The van der Waals surface area contributed by atoms with Crippen molar-refractivity contribution >= 4 is 5.91 Å². The number of aromatic nitrogens is 2. The van der Waals surface area contributed by atoms with Crippen LogP contribution in [0.1, 0.15) is 23.7 Å². The van der Waals surface area contributed by atoms with Gasteiger partial charge in [0.05, 0.1) is 26.9 Å². The van der Waals surface area contributed by atoms with Crippen molar-refractivity contribution < 1.29 is 23.5 Å². The minimum atomic E-state index is -0.131. The predicted octanol–water partition coefficient (Wildman–Crippen LogP) is 3.28. The van der Waals surface area contributed by atoms with E-state index in [1.54, 1.807) is 26.2 Å². The normalized spacial score (nSPS) is 16.0. The first-order chi connectivity index (χ1) is 14.6. The number of hydrogen-bond donors (Lipinski definition) is 0. The van der Waals surface area contributed by atoms with Crippen LogP contribution in [0.25, 0.3) is 11.5 Å². The summed E-state index contributed by atoms with van der Waals surface area (Å²) < 4.78 is 21.5. The SMILES string of the molecule is COc1ccc(CN2CC(c3noc(-c4ccccc4OC)n3)CC2=O)c(OC)c1. The van der Waals surface area contributed by atoms with Gasteiger partial charge >= 0.3 is 0 Å². The zero-order valence-corrected chi connectivity index (χ0v) is 17.1. The highest BCUT2D eigenvalue weighted by Gasteiger charge is 2.34. The maximum Gasteiger partial charge on any atom is 0.261 e. The van der Waals surface area contributed by atoms with Crippen LogP contribution in [0.3, 0.4) is 0 Å². The fourth-order valence-corrected chi connectivity index (χ4v) is 3.62. The molecule has 0 spiro atoms. The van der Waals surface area contributed by atoms with Gasteiger partial charge in [-0.2, -0.15) is 4.98 Å². The third-order valence-corrected chi connectivity index (χ3v) is 5.21. The molecule has 1 saturated heterocycles. The van der Waals surface area contributed by atoms with Gasteiger partial charge in [-0.25, -0.2) is 0 Å². The van der Waals surface area contributed by atoms with Crippen molar-refractivity contribution in [1.82, 2.24) is 15.0 Å². The molecule has 1 aliphatic heterocycles. The molecule has 1 amide bonds. The fourth-order valence-electron chi connectivity index (χ4n) is 3.62. The summed E-state index contributed by atoms with van der Waals surface area (Å²) in [6, 6.07) is 13.0. The summed E-state index contributed by atoms with van der Waals surface area (Å²) >= 11 is 0. The molecule has 1 atom stereocenters. The van der Waals surface area contributed by atoms with E-state index < -0.39 is 0 Å². The Kier molecular flexibility index (Phi) is 5.56. The van der Waals surface area contributed by atoms with Crippen LogP contribution in [0.15, 0.2) is 47.0 Å². The maximum atomic E-state index is 12.6. The van der Waals surface area contributed by atoms with E-state index in [1.165, 1.54) is 0 Å². The first-order valence-electron chi connectivity index (χ1n) is 9.58. The molecule has 2 heterocycles. The fraction of sp³-hybridized carbons (Fsp3) is 0.318. The molecule has 8 nitrogen and oxygen atoms in total. The molecule has 1 unspecified atom stereocenters. The number of nitrogens with zero attached hydrogens (tertiary/aromatic N) is 3. The summed E-state index contributed by atoms with van der Waals surface area (Å²) in [6.45, 7) is 0.957. The molecule has 1 aliphatic rings. The number of ether oxygens (including phenoxy) is 3. The number of amides is 1. The Hall–Kier alpha value is -3.55. The van der Waals surface area contributed by atoms with Gasteiger partial charge in [0.25, 0.3) is 5.89 Å². The van der Waals surface area contributed by atoms with Crippen LogP contribution in [0.2, 0.25) is 0 Å². The molecule has 0 N–H and O–H groups in total. The Balaban J connectivity index is 1.50. The van der Waals surface area contributed by atoms with Crippen molar-refractivity contribution in [1.29, 1.82) is 0 Å². The molecule has 4 rings (SSSR count). The summed E-state index contributed by atoms with van der Waals surface area (Å²) in [6.07, 6.45) is 0.337. The summed E-state index contributed by atoms with van der Waals surface area (Å²) in [4.78, 5) is 18.9. The summed E-state index contributed by atoms with van der Waals surface area (Å²) in [5, 5.41) is 4.12. The number of hydrogen-bond acceptors (Lipinski definition) is 7. The molecule has 0 radical (unpaired) electrons. The molecular weight excluding hydrogens is 386 g/mol. The second kappa shape index (κ2) is 8.44. The average molecular weight is 409 g/mol. The van der Waals surface area contributed by atoms with Crippen molar-refractivity contribution in [2.45, 2.75) is 18.9 Å². The number of likely N-dealkylation sites (tertiary alicyclic amines) is 1. The molecule has 1 fully saturated rings. The largest absolute Gasteiger partial charge is 0.497 e. The summed E-state index contributed by atoms with van der Waals surface area (Å²) in [7, 11) is 4.80. The average Bonchev–Trinajstić information content (AvgIpc) is 3.41. The number of carbonyl (C=O) groups excluding carboxylic acids is 1. The topological polar surface area (TPSA) is 86.9 Å². The first-order valence-corrected chi connectivity index (χ1v) is 9.58. The first kappa shape index (κ1) is 19.8. The van der Waals surface area contributed by atoms with Gasteiger partial charge in [-0.15, -0.1) is 0 Å². The van der Waals surface area contributed by atoms with E-state index in [2.05, 4.69) is 10.1 Å². The number of benzene rings is 2. The quantitative estimate of drug-likeness (QED) is 0.592. The lowest BCUT2D eigenvalue weighted by Crippen LogP contribution is -2.24. The summed E-state index contributed by atoms with van der Waals surface area (Å²) in [5.74, 6) is 2.86. The lowest BCUT2D eigenvalue weighted by Gasteiger charge is -2.18. The van der Waals surface area contributed by atoms with Crippen LogP contribution in [0, 0.1) is 0 Å². The van der Waals surface area contributed by atoms with E-state index >= 15 is 0 Å². The van der Waals surface area contributed by atoms with Gasteiger partial charge in [-0.1, -0.05) is 17.3 Å². The van der Waals surface area contributed by atoms with Gasteiger partial charge in [0.2, 0.25) is 5.91 Å². The Morgan fingerprint density at radius 3 is 2.63 bits per heavy atom. The van der Waals surface area contributed by atoms with Gasteiger partial charge in [-0.3, -0.25) is 4.79 Å². The molecule has 0 saturated carbocycles. The number of carbonyl (C=O) groups is 1. The number of methoxy groups -OCH3 is 3. The molecule has 1 aromatic heterocycles. The molecule has 2 aromatic carbocycles. The van der Waals surface area contributed by atoms with E-state index in [1.807, 2.05) is 42.5 Å². The molecule has 8 heteroatoms. The third kappa shape index (κ3) is 3.80. The van der Waals surface area contributed by atoms with Crippen molar-refractivity contribution in [3.63, 3.8) is 0 Å². The summed E-state index contributed by atoms with van der Waals surface area (Å²) in [5.41, 5.74) is 1.64. The Labute approximate surface area is 174 Å². The second-order valence-electron chi connectivity index (χ2n) is 7.01. The monoisotopic (exact) mass is 409 g/mol. The molecular formula is C22H23N3O5. The molecule has 3 aromatic rings. The van der Waals surface area contributed by atoms with Crippen LogP contribution in [-0.2, 0) is 11.3 Å². The zero-order chi connectivity index (χ0) is 21.1. The van der Waals surface area contributed by atoms with Gasteiger partial charge in [-0.05, 0) is 24.3 Å². The minimum Gasteiger partial charge on any atom is -0.497 e. The van der Waals surface area contributed by atoms with E-state index in [0.717, 1.165) is 11.1 Å². The van der Waals surface area contributed by atoms with E-state index in [4.69, 9.17) is 18.7 Å². The van der Waals surface area contributed by atoms with Crippen LogP contribution in [0.5, 0.6) is 17.2 Å². The van der Waals surface area contributed by atoms with Crippen molar-refractivity contribution in [3.8, 4) is 28.7 Å². The highest BCUT2D eigenvalue weighted by molar-refractivity contribution is 5.79. The van der Waals surface area contributed by atoms with Gasteiger partial charge in [0.1, 0.15) is 17.2 Å². The standard InChI is InChI=1S/C22H23N3O5/c1-27-16-9-8-14(19(11-16)29-3)12-25-13-15(10-20(25)26)21-23-22(30-24-21)17-6-4-5-7-18(17)28-2/h4-9,11,15H,10,12-13H2,1-3H3. The van der Waals surface area contributed by atoms with Crippen molar-refractivity contribution in [3.05, 3.63) is 53.9 Å². The number of para-hydroxylation sites is 1. The molecule has 30 heavy (non-hydrogen) atoms. The second-order valence-corrected chi connectivity index (χ2v) is 7.01. The predicted molar refractivity (Wildman–Crippen MR) is 109 cm³/mol.